The Morgan fingerprint density at radius 1 is 1.17 bits per heavy atom. The number of fused-ring (bicyclic) bond motifs is 2. The van der Waals surface area contributed by atoms with Gasteiger partial charge in [0.15, 0.2) is 0 Å². The van der Waals surface area contributed by atoms with E-state index in [-0.39, 0.29) is 6.03 Å². The van der Waals surface area contributed by atoms with Crippen molar-refractivity contribution in [1.29, 1.82) is 0 Å². The Hall–Kier alpha value is -3.00. The van der Waals surface area contributed by atoms with Gasteiger partial charge in [-0.05, 0) is 48.1 Å². The third-order valence-corrected chi connectivity index (χ3v) is 6.08. The number of hydrogen-bond donors (Lipinski definition) is 2. The van der Waals surface area contributed by atoms with E-state index in [1.54, 1.807) is 18.6 Å². The van der Waals surface area contributed by atoms with Crippen LogP contribution in [0.25, 0.3) is 11.1 Å². The number of ether oxygens (including phenoxy) is 1. The van der Waals surface area contributed by atoms with Gasteiger partial charge in [-0.1, -0.05) is 23.7 Å². The van der Waals surface area contributed by atoms with Gasteiger partial charge in [-0.3, -0.25) is 4.98 Å². The van der Waals surface area contributed by atoms with Gasteiger partial charge in [-0.2, -0.15) is 9.46 Å². The summed E-state index contributed by atoms with van der Waals surface area (Å²) < 4.78 is 11.7. The number of aryl methyl sites for hydroxylation is 2. The first-order valence-electron chi connectivity index (χ1n) is 9.76. The van der Waals surface area contributed by atoms with Crippen LogP contribution in [0.4, 0.5) is 10.5 Å². The number of rotatable bonds is 3. The topological polar surface area (TPSA) is 81.4 Å². The van der Waals surface area contributed by atoms with Crippen molar-refractivity contribution in [3.8, 4) is 17.0 Å². The van der Waals surface area contributed by atoms with Gasteiger partial charge in [0.2, 0.25) is 5.88 Å². The van der Waals surface area contributed by atoms with E-state index < -0.39 is 0 Å². The third-order valence-electron chi connectivity index (χ3n) is 5.28. The first kappa shape index (κ1) is 18.1. The molecule has 0 saturated heterocycles. The molecular formula is C21H21N5O2S. The molecule has 1 aliphatic heterocycles. The summed E-state index contributed by atoms with van der Waals surface area (Å²) in [6.45, 7) is 1.51. The minimum absolute atomic E-state index is 0.363. The normalized spacial score (nSPS) is 15.3. The molecule has 1 N–H and O–H groups in total. The number of urea groups is 1. The van der Waals surface area contributed by atoms with Gasteiger partial charge in [-0.15, -0.1) is 0 Å². The number of thiol groups is 1. The monoisotopic (exact) mass is 407 g/mol. The molecule has 29 heavy (non-hydrogen) atoms. The molecule has 2 amide bonds. The summed E-state index contributed by atoms with van der Waals surface area (Å²) in [5, 5.41) is 7.36. The van der Waals surface area contributed by atoms with Crippen LogP contribution in [0, 0.1) is 0 Å². The summed E-state index contributed by atoms with van der Waals surface area (Å²) in [4.78, 5) is 17.6. The maximum Gasteiger partial charge on any atom is 0.351 e. The summed E-state index contributed by atoms with van der Waals surface area (Å²) in [7, 11) is 0. The van der Waals surface area contributed by atoms with Crippen LogP contribution in [-0.4, -0.2) is 27.4 Å². The van der Waals surface area contributed by atoms with Gasteiger partial charge < -0.3 is 10.1 Å². The van der Waals surface area contributed by atoms with Crippen LogP contribution in [0.3, 0.4) is 0 Å². The molecule has 2 aromatic heterocycles. The second kappa shape index (κ2) is 7.79. The van der Waals surface area contributed by atoms with Crippen molar-refractivity contribution in [2.75, 3.05) is 11.9 Å². The van der Waals surface area contributed by atoms with E-state index in [1.807, 2.05) is 16.8 Å². The number of anilines is 1. The Kier molecular flexibility index (Phi) is 4.85. The number of benzene rings is 1. The van der Waals surface area contributed by atoms with Crippen LogP contribution in [0.2, 0.25) is 0 Å². The zero-order valence-electron chi connectivity index (χ0n) is 15.8. The smallest absolute Gasteiger partial charge is 0.351 e. The van der Waals surface area contributed by atoms with E-state index >= 15 is 0 Å². The molecule has 3 aromatic rings. The van der Waals surface area contributed by atoms with Crippen molar-refractivity contribution < 1.29 is 9.53 Å². The Morgan fingerprint density at radius 3 is 2.97 bits per heavy atom. The highest BCUT2D eigenvalue weighted by Crippen LogP contribution is 2.37. The number of carbonyl (C=O) groups is 1. The number of aromatic nitrogens is 3. The number of hydrogen-bond acceptors (Lipinski definition) is 4. The summed E-state index contributed by atoms with van der Waals surface area (Å²) in [5.41, 5.74) is 5.41. The van der Waals surface area contributed by atoms with E-state index in [2.05, 4.69) is 31.9 Å². The van der Waals surface area contributed by atoms with Crippen LogP contribution < -0.4 is 10.1 Å². The molecule has 0 spiro atoms. The maximum atomic E-state index is 12.7. The van der Waals surface area contributed by atoms with Gasteiger partial charge in [-0.25, -0.2) is 9.48 Å². The number of nitrogens with one attached hydrogen (secondary N) is 1. The molecule has 0 atom stereocenters. The predicted octanol–water partition coefficient (Wildman–Crippen LogP) is 3.81. The Labute approximate surface area is 172 Å². The van der Waals surface area contributed by atoms with Crippen LogP contribution in [-0.2, 0) is 30.9 Å². The van der Waals surface area contributed by atoms with Gasteiger partial charge >= 0.3 is 6.03 Å². The lowest BCUT2D eigenvalue weighted by Crippen LogP contribution is -2.15. The number of pyridine rings is 1. The SMILES string of the molecule is O=C(N=[SH]c1cnn2c1OCCC2)Nc1c(-c2ccncc2)ccc2c1CCC2. The van der Waals surface area contributed by atoms with E-state index in [1.165, 1.54) is 11.1 Å². The maximum absolute atomic E-state index is 12.7. The highest BCUT2D eigenvalue weighted by molar-refractivity contribution is 7.68. The predicted molar refractivity (Wildman–Crippen MR) is 113 cm³/mol. The molecular weight excluding hydrogens is 386 g/mol. The molecule has 7 nitrogen and oxygen atoms in total. The largest absolute Gasteiger partial charge is 0.477 e. The molecule has 148 valence electrons. The highest BCUT2D eigenvalue weighted by atomic mass is 32.1. The molecule has 0 unspecified atom stereocenters. The minimum atomic E-state index is -0.363. The summed E-state index contributed by atoms with van der Waals surface area (Å²) in [6.07, 6.45) is 9.31. The molecule has 0 saturated carbocycles. The molecule has 3 heterocycles. The van der Waals surface area contributed by atoms with E-state index in [0.29, 0.717) is 24.0 Å². The quantitative estimate of drug-likeness (QED) is 0.647. The summed E-state index contributed by atoms with van der Waals surface area (Å²) in [5.74, 6) is 0.715. The number of nitrogens with zero attached hydrogens (tertiary/aromatic N) is 4. The van der Waals surface area contributed by atoms with Crippen molar-refractivity contribution >= 4 is 23.3 Å². The summed E-state index contributed by atoms with van der Waals surface area (Å²) >= 11 is 0.533. The average molecular weight is 407 g/mol. The van der Waals surface area contributed by atoms with Crippen LogP contribution in [0.15, 0.2) is 52.1 Å². The lowest BCUT2D eigenvalue weighted by atomic mass is 9.98. The molecule has 0 radical (unpaired) electrons. The molecule has 0 bridgehead atoms. The Balaban J connectivity index is 1.43. The standard InChI is InChI=1S/C21H21N5O2S/c27-21(25-29-18-13-23-26-11-2-12-28-20(18)26)24-19-16-4-1-3-14(16)5-6-17(19)15-7-9-22-10-8-15/h5-10,13,29H,1-4,11-12H2,(H,24,27). The fourth-order valence-corrected chi connectivity index (χ4v) is 4.55. The summed E-state index contributed by atoms with van der Waals surface area (Å²) in [6, 6.07) is 7.79. The van der Waals surface area contributed by atoms with Gasteiger partial charge in [0.25, 0.3) is 0 Å². The number of carbonyl (C=O) groups excluding carboxylic acids is 1. The first-order chi connectivity index (χ1) is 14.3. The van der Waals surface area contributed by atoms with E-state index in [4.69, 9.17) is 4.74 Å². The number of amides is 2. The van der Waals surface area contributed by atoms with E-state index in [0.717, 1.165) is 53.9 Å². The van der Waals surface area contributed by atoms with Crippen molar-refractivity contribution in [2.45, 2.75) is 37.1 Å². The van der Waals surface area contributed by atoms with Crippen LogP contribution in [0.1, 0.15) is 24.0 Å². The van der Waals surface area contributed by atoms with Crippen molar-refractivity contribution in [2.24, 2.45) is 4.36 Å². The van der Waals surface area contributed by atoms with Gasteiger partial charge in [0, 0.05) is 30.9 Å². The lowest BCUT2D eigenvalue weighted by Gasteiger charge is -2.15. The van der Waals surface area contributed by atoms with Crippen LogP contribution in [0.5, 0.6) is 5.88 Å². The third kappa shape index (κ3) is 3.55. The van der Waals surface area contributed by atoms with Gasteiger partial charge in [0.1, 0.15) is 0 Å². The average Bonchev–Trinajstić information content (AvgIpc) is 3.40. The van der Waals surface area contributed by atoms with Crippen molar-refractivity contribution in [1.82, 2.24) is 14.8 Å². The molecule has 1 aromatic carbocycles. The fourth-order valence-electron chi connectivity index (χ4n) is 3.94. The molecule has 8 heteroatoms. The highest BCUT2D eigenvalue weighted by Gasteiger charge is 2.20. The van der Waals surface area contributed by atoms with Crippen molar-refractivity contribution in [3.63, 3.8) is 0 Å². The first-order valence-corrected chi connectivity index (χ1v) is 10.6. The Bertz CT molecular complexity index is 1090. The zero-order chi connectivity index (χ0) is 19.6. The molecule has 1 aliphatic carbocycles. The molecule has 2 aliphatic rings. The van der Waals surface area contributed by atoms with E-state index in [9.17, 15) is 4.79 Å². The van der Waals surface area contributed by atoms with Crippen LogP contribution >= 0.6 is 0 Å². The second-order valence-electron chi connectivity index (χ2n) is 7.11. The van der Waals surface area contributed by atoms with Gasteiger partial charge in [0.05, 0.1) is 23.4 Å². The minimum Gasteiger partial charge on any atom is -0.477 e. The Morgan fingerprint density at radius 2 is 2.07 bits per heavy atom. The molecule has 5 rings (SSSR count). The lowest BCUT2D eigenvalue weighted by molar-refractivity contribution is 0.225. The second-order valence-corrected chi connectivity index (χ2v) is 7.99. The zero-order valence-corrected chi connectivity index (χ0v) is 16.7. The fraction of sp³-hybridized carbons (Fsp3) is 0.286. The molecule has 0 fully saturated rings. The van der Waals surface area contributed by atoms with Crippen molar-refractivity contribution in [3.05, 3.63) is 54.0 Å².